The Morgan fingerprint density at radius 2 is 1.83 bits per heavy atom. The van der Waals surface area contributed by atoms with Crippen LogP contribution in [0.4, 0.5) is 0 Å². The molecule has 0 aliphatic rings. The molecular formula is C17H22N2O4S. The van der Waals surface area contributed by atoms with Crippen molar-refractivity contribution in [2.24, 2.45) is 5.14 Å². The molecule has 0 aliphatic carbocycles. The van der Waals surface area contributed by atoms with Gasteiger partial charge in [-0.15, -0.1) is 0 Å². The summed E-state index contributed by atoms with van der Waals surface area (Å²) in [6.07, 6.45) is 1.55. The normalized spacial score (nSPS) is 12.8. The van der Waals surface area contributed by atoms with Gasteiger partial charge in [0.25, 0.3) is 5.91 Å². The van der Waals surface area contributed by atoms with E-state index in [2.05, 4.69) is 5.32 Å². The second-order valence-electron chi connectivity index (χ2n) is 5.86. The first-order valence-corrected chi connectivity index (χ1v) is 9.22. The average Bonchev–Trinajstić information content (AvgIpc) is 2.80. The smallest absolute Gasteiger partial charge is 0.256 e. The topological polar surface area (TPSA) is 102 Å². The molecule has 1 amide bonds. The molecule has 1 heterocycles. The van der Waals surface area contributed by atoms with Crippen LogP contribution >= 0.6 is 0 Å². The highest BCUT2D eigenvalue weighted by Crippen LogP contribution is 2.25. The molecule has 7 heteroatoms. The molecule has 0 saturated heterocycles. The third-order valence-electron chi connectivity index (χ3n) is 3.80. The van der Waals surface area contributed by atoms with Crippen LogP contribution in [-0.4, -0.2) is 20.4 Å². The highest BCUT2D eigenvalue weighted by atomic mass is 32.2. The molecule has 0 fully saturated rings. The summed E-state index contributed by atoms with van der Waals surface area (Å²) >= 11 is 0. The number of nitrogens with one attached hydrogen (secondary N) is 1. The highest BCUT2D eigenvalue weighted by Gasteiger charge is 2.29. The lowest BCUT2D eigenvalue weighted by Crippen LogP contribution is -2.34. The van der Waals surface area contributed by atoms with Crippen LogP contribution in [0.15, 0.2) is 39.6 Å². The Hall–Kier alpha value is -2.12. The van der Waals surface area contributed by atoms with Crippen LogP contribution < -0.4 is 10.5 Å². The van der Waals surface area contributed by atoms with Crippen molar-refractivity contribution in [3.05, 3.63) is 53.0 Å². The zero-order chi connectivity index (χ0) is 17.9. The van der Waals surface area contributed by atoms with Gasteiger partial charge in [0.05, 0.1) is 0 Å². The molecule has 6 nitrogen and oxygen atoms in total. The maximum absolute atomic E-state index is 12.5. The number of primary sulfonamides is 1. The van der Waals surface area contributed by atoms with Gasteiger partial charge in [0, 0.05) is 6.04 Å². The molecule has 0 spiro atoms. The van der Waals surface area contributed by atoms with E-state index in [9.17, 15) is 13.2 Å². The van der Waals surface area contributed by atoms with Gasteiger partial charge >= 0.3 is 0 Å². The summed E-state index contributed by atoms with van der Waals surface area (Å²) in [5.74, 6) is -0.129. The van der Waals surface area contributed by atoms with Crippen molar-refractivity contribution < 1.29 is 17.6 Å². The Bertz CT molecular complexity index is 826. The number of aryl methyl sites for hydroxylation is 3. The van der Waals surface area contributed by atoms with Crippen molar-refractivity contribution in [2.45, 2.75) is 44.6 Å². The minimum atomic E-state index is -4.03. The standard InChI is InChI=1S/C17H22N2O4S/c1-11(9-10-14-7-5-4-6-8-14)19-17(20)15-12(2)23-13(3)16(15)24(18,21)22/h4-8,11H,9-10H2,1-3H3,(H,19,20)(H2,18,21,22)/t11-/m1/s1. The molecule has 0 saturated carbocycles. The van der Waals surface area contributed by atoms with Gasteiger partial charge in [-0.25, -0.2) is 13.6 Å². The van der Waals surface area contributed by atoms with Crippen molar-refractivity contribution in [3.63, 3.8) is 0 Å². The Morgan fingerprint density at radius 3 is 2.42 bits per heavy atom. The quantitative estimate of drug-likeness (QED) is 0.834. The molecule has 0 unspecified atom stereocenters. The first-order chi connectivity index (χ1) is 11.2. The predicted octanol–water partition coefficient (Wildman–Crippen LogP) is 2.29. The highest BCUT2D eigenvalue weighted by molar-refractivity contribution is 7.89. The van der Waals surface area contributed by atoms with Crippen LogP contribution in [0.2, 0.25) is 0 Å². The molecule has 3 N–H and O–H groups in total. The molecule has 0 bridgehead atoms. The monoisotopic (exact) mass is 350 g/mol. The lowest BCUT2D eigenvalue weighted by atomic mass is 10.1. The minimum Gasteiger partial charge on any atom is -0.464 e. The Morgan fingerprint density at radius 1 is 1.21 bits per heavy atom. The van der Waals surface area contributed by atoms with Gasteiger partial charge in [-0.05, 0) is 39.2 Å². The number of hydrogen-bond acceptors (Lipinski definition) is 4. The van der Waals surface area contributed by atoms with Crippen molar-refractivity contribution in [1.82, 2.24) is 5.32 Å². The van der Waals surface area contributed by atoms with Crippen LogP contribution in [0.25, 0.3) is 0 Å². The summed E-state index contributed by atoms with van der Waals surface area (Å²) < 4.78 is 28.7. The van der Waals surface area contributed by atoms with Crippen LogP contribution in [0.3, 0.4) is 0 Å². The fraction of sp³-hybridized carbons (Fsp3) is 0.353. The van der Waals surface area contributed by atoms with Crippen LogP contribution in [0.1, 0.15) is 40.8 Å². The lowest BCUT2D eigenvalue weighted by Gasteiger charge is -2.14. The number of furan rings is 1. The van der Waals surface area contributed by atoms with Gasteiger partial charge < -0.3 is 9.73 Å². The number of carbonyl (C=O) groups excluding carboxylic acids is 1. The fourth-order valence-corrected chi connectivity index (χ4v) is 3.63. The van der Waals surface area contributed by atoms with Gasteiger partial charge in [0.15, 0.2) is 0 Å². The molecule has 2 aromatic rings. The zero-order valence-electron chi connectivity index (χ0n) is 14.0. The Labute approximate surface area is 142 Å². The summed E-state index contributed by atoms with van der Waals surface area (Å²) in [5.41, 5.74) is 1.17. The van der Waals surface area contributed by atoms with Crippen LogP contribution in [-0.2, 0) is 16.4 Å². The maximum Gasteiger partial charge on any atom is 0.256 e. The van der Waals surface area contributed by atoms with E-state index >= 15 is 0 Å². The van der Waals surface area contributed by atoms with Gasteiger partial charge in [0.1, 0.15) is 22.0 Å². The molecule has 0 aliphatic heterocycles. The molecule has 130 valence electrons. The van der Waals surface area contributed by atoms with E-state index in [4.69, 9.17) is 9.56 Å². The van der Waals surface area contributed by atoms with Crippen LogP contribution in [0, 0.1) is 13.8 Å². The third-order valence-corrected chi connectivity index (χ3v) is 4.86. The minimum absolute atomic E-state index is 0.0124. The number of amides is 1. The summed E-state index contributed by atoms with van der Waals surface area (Å²) in [4.78, 5) is 12.2. The van der Waals surface area contributed by atoms with Crippen molar-refractivity contribution in [1.29, 1.82) is 0 Å². The summed E-state index contributed by atoms with van der Waals surface area (Å²) in [6, 6.07) is 9.81. The number of sulfonamides is 1. The largest absolute Gasteiger partial charge is 0.464 e. The molecular weight excluding hydrogens is 328 g/mol. The number of nitrogens with two attached hydrogens (primary N) is 1. The van der Waals surface area contributed by atoms with E-state index in [1.54, 1.807) is 6.92 Å². The molecule has 0 radical (unpaired) electrons. The van der Waals surface area contributed by atoms with Crippen molar-refractivity contribution in [2.75, 3.05) is 0 Å². The predicted molar refractivity (Wildman–Crippen MR) is 91.2 cm³/mol. The molecule has 1 aromatic carbocycles. The van der Waals surface area contributed by atoms with E-state index < -0.39 is 15.9 Å². The zero-order valence-corrected chi connectivity index (χ0v) is 14.8. The number of carbonyl (C=O) groups is 1. The Kier molecular flexibility index (Phi) is 5.46. The summed E-state index contributed by atoms with van der Waals surface area (Å²) in [7, 11) is -4.03. The van der Waals surface area contributed by atoms with E-state index in [1.165, 1.54) is 12.5 Å². The molecule has 1 atom stereocenters. The van der Waals surface area contributed by atoms with Crippen LogP contribution in [0.5, 0.6) is 0 Å². The molecule has 24 heavy (non-hydrogen) atoms. The van der Waals surface area contributed by atoms with Gasteiger partial charge in [-0.3, -0.25) is 4.79 Å². The second-order valence-corrected chi connectivity index (χ2v) is 7.36. The van der Waals surface area contributed by atoms with Gasteiger partial charge in [0.2, 0.25) is 10.0 Å². The van der Waals surface area contributed by atoms with E-state index in [-0.39, 0.29) is 28.0 Å². The Balaban J connectivity index is 2.10. The first kappa shape index (κ1) is 18.2. The summed E-state index contributed by atoms with van der Waals surface area (Å²) in [6.45, 7) is 4.90. The van der Waals surface area contributed by atoms with Gasteiger partial charge in [-0.2, -0.15) is 0 Å². The SMILES string of the molecule is Cc1oc(C)c(S(N)(=O)=O)c1C(=O)N[C@H](C)CCc1ccccc1. The molecule has 1 aromatic heterocycles. The first-order valence-electron chi connectivity index (χ1n) is 7.67. The third kappa shape index (κ3) is 4.24. The fourth-order valence-electron chi connectivity index (χ4n) is 2.66. The van der Waals surface area contributed by atoms with Gasteiger partial charge in [-0.1, -0.05) is 30.3 Å². The average molecular weight is 350 g/mol. The number of hydrogen-bond donors (Lipinski definition) is 2. The molecule has 2 rings (SSSR count). The number of rotatable bonds is 6. The number of benzene rings is 1. The van der Waals surface area contributed by atoms with E-state index in [0.29, 0.717) is 0 Å². The second kappa shape index (κ2) is 7.19. The lowest BCUT2D eigenvalue weighted by molar-refractivity contribution is 0.0934. The van der Waals surface area contributed by atoms with Crippen molar-refractivity contribution in [3.8, 4) is 0 Å². The summed E-state index contributed by atoms with van der Waals surface area (Å²) in [5, 5.41) is 8.02. The van der Waals surface area contributed by atoms with E-state index in [0.717, 1.165) is 12.8 Å². The van der Waals surface area contributed by atoms with Crippen molar-refractivity contribution >= 4 is 15.9 Å². The van der Waals surface area contributed by atoms with E-state index in [1.807, 2.05) is 37.3 Å². The maximum atomic E-state index is 12.5.